The summed E-state index contributed by atoms with van der Waals surface area (Å²) in [6.07, 6.45) is 3.30. The number of hydrogen-bond donors (Lipinski definition) is 2. The number of amides is 1. The molecule has 0 aliphatic carbocycles. The van der Waals surface area contributed by atoms with Gasteiger partial charge in [0.15, 0.2) is 0 Å². The van der Waals surface area contributed by atoms with Crippen molar-refractivity contribution in [3.8, 4) is 0 Å². The zero-order valence-electron chi connectivity index (χ0n) is 10.2. The number of nitrogens with zero attached hydrogens (tertiary/aromatic N) is 3. The number of aryl methyl sites for hydroxylation is 1. The van der Waals surface area contributed by atoms with E-state index in [1.807, 2.05) is 0 Å². The lowest BCUT2D eigenvalue weighted by Gasteiger charge is -2.03. The van der Waals surface area contributed by atoms with E-state index in [1.54, 1.807) is 6.92 Å². The number of imidazole rings is 1. The molecule has 2 aromatic heterocycles. The standard InChI is InChI=1S/C11H12N4O4/c1-2-14-10-7(13-6-16)3-12-4-8(10)15(11(14)19)5-9(17)18/h3-4,6H,2,5H2,1H3,(H,13,16)(H,17,18). The quantitative estimate of drug-likeness (QED) is 0.732. The van der Waals surface area contributed by atoms with Crippen LogP contribution in [0, 0.1) is 0 Å². The fourth-order valence-corrected chi connectivity index (χ4v) is 2.02. The predicted octanol–water partition coefficient (Wildman–Crippen LogP) is -0.129. The van der Waals surface area contributed by atoms with E-state index >= 15 is 0 Å². The van der Waals surface area contributed by atoms with Gasteiger partial charge >= 0.3 is 11.7 Å². The summed E-state index contributed by atoms with van der Waals surface area (Å²) in [4.78, 5) is 37.4. The highest BCUT2D eigenvalue weighted by atomic mass is 16.4. The first kappa shape index (κ1) is 12.8. The second kappa shape index (κ2) is 4.92. The third kappa shape index (κ3) is 2.07. The van der Waals surface area contributed by atoms with Gasteiger partial charge in [0.05, 0.1) is 29.1 Å². The molecular weight excluding hydrogens is 252 g/mol. The van der Waals surface area contributed by atoms with Gasteiger partial charge in [0.1, 0.15) is 6.54 Å². The average molecular weight is 264 g/mol. The Bertz CT molecular complexity index is 701. The van der Waals surface area contributed by atoms with Crippen molar-refractivity contribution in [1.82, 2.24) is 14.1 Å². The molecule has 0 fully saturated rings. The molecule has 8 heteroatoms. The number of fused-ring (bicyclic) bond motifs is 1. The first-order valence-corrected chi connectivity index (χ1v) is 5.59. The number of carbonyl (C=O) groups is 2. The Kier molecular flexibility index (Phi) is 3.32. The van der Waals surface area contributed by atoms with Crippen molar-refractivity contribution >= 4 is 29.1 Å². The van der Waals surface area contributed by atoms with Gasteiger partial charge < -0.3 is 10.4 Å². The van der Waals surface area contributed by atoms with Gasteiger partial charge in [-0.3, -0.25) is 23.7 Å². The van der Waals surface area contributed by atoms with Crippen LogP contribution in [0.5, 0.6) is 0 Å². The molecule has 0 unspecified atom stereocenters. The molecule has 0 atom stereocenters. The third-order valence-corrected chi connectivity index (χ3v) is 2.74. The number of pyridine rings is 1. The largest absolute Gasteiger partial charge is 0.480 e. The summed E-state index contributed by atoms with van der Waals surface area (Å²) in [6, 6.07) is 0. The summed E-state index contributed by atoms with van der Waals surface area (Å²) in [5.74, 6) is -1.12. The summed E-state index contributed by atoms with van der Waals surface area (Å²) in [6.45, 7) is 1.67. The summed E-state index contributed by atoms with van der Waals surface area (Å²) in [7, 11) is 0. The van der Waals surface area contributed by atoms with E-state index in [1.165, 1.54) is 17.0 Å². The molecule has 2 aromatic rings. The van der Waals surface area contributed by atoms with Crippen LogP contribution in [0.25, 0.3) is 11.0 Å². The summed E-state index contributed by atoms with van der Waals surface area (Å²) < 4.78 is 2.51. The van der Waals surface area contributed by atoms with Crippen LogP contribution in [0.3, 0.4) is 0 Å². The first-order valence-electron chi connectivity index (χ1n) is 5.59. The molecule has 0 saturated carbocycles. The number of aromatic nitrogens is 3. The number of aliphatic carboxylic acids is 1. The van der Waals surface area contributed by atoms with Gasteiger partial charge in [-0.15, -0.1) is 0 Å². The second-order valence-electron chi connectivity index (χ2n) is 3.82. The van der Waals surface area contributed by atoms with Crippen LogP contribution in [-0.2, 0) is 22.7 Å². The molecule has 0 saturated heterocycles. The normalized spacial score (nSPS) is 10.6. The van der Waals surface area contributed by atoms with Gasteiger partial charge in [-0.2, -0.15) is 0 Å². The van der Waals surface area contributed by atoms with Crippen molar-refractivity contribution in [3.63, 3.8) is 0 Å². The maximum atomic E-state index is 12.1. The summed E-state index contributed by atoms with van der Waals surface area (Å²) >= 11 is 0. The van der Waals surface area contributed by atoms with Crippen molar-refractivity contribution in [2.45, 2.75) is 20.0 Å². The Morgan fingerprint density at radius 1 is 1.47 bits per heavy atom. The number of carboxylic acid groups (broad SMARTS) is 1. The van der Waals surface area contributed by atoms with E-state index in [0.717, 1.165) is 4.57 Å². The number of rotatable bonds is 5. The minimum Gasteiger partial charge on any atom is -0.480 e. The lowest BCUT2D eigenvalue weighted by atomic mass is 10.3. The van der Waals surface area contributed by atoms with Crippen molar-refractivity contribution in [1.29, 1.82) is 0 Å². The molecular formula is C11H12N4O4. The molecule has 19 heavy (non-hydrogen) atoms. The smallest absolute Gasteiger partial charge is 0.329 e. The Labute approximate surface area is 107 Å². The zero-order chi connectivity index (χ0) is 14.0. The molecule has 0 aliphatic heterocycles. The van der Waals surface area contributed by atoms with Crippen LogP contribution in [0.15, 0.2) is 17.2 Å². The minimum absolute atomic E-state index is 0.361. The lowest BCUT2D eigenvalue weighted by Crippen LogP contribution is -2.26. The number of carboxylic acids is 1. The van der Waals surface area contributed by atoms with E-state index in [9.17, 15) is 14.4 Å². The Hall–Kier alpha value is -2.64. The van der Waals surface area contributed by atoms with E-state index in [-0.39, 0.29) is 0 Å². The molecule has 2 N–H and O–H groups in total. The SMILES string of the molecule is CCn1c(=O)n(CC(=O)O)c2cncc(NC=O)c21. The number of carbonyl (C=O) groups excluding carboxylic acids is 1. The molecule has 0 spiro atoms. The molecule has 2 heterocycles. The van der Waals surface area contributed by atoms with Crippen LogP contribution in [0.4, 0.5) is 5.69 Å². The second-order valence-corrected chi connectivity index (χ2v) is 3.82. The number of anilines is 1. The number of nitrogens with one attached hydrogen (secondary N) is 1. The fraction of sp³-hybridized carbons (Fsp3) is 0.273. The monoisotopic (exact) mass is 264 g/mol. The van der Waals surface area contributed by atoms with Crippen molar-refractivity contribution < 1.29 is 14.7 Å². The van der Waals surface area contributed by atoms with Gasteiger partial charge in [-0.1, -0.05) is 0 Å². The van der Waals surface area contributed by atoms with Gasteiger partial charge in [0.2, 0.25) is 6.41 Å². The van der Waals surface area contributed by atoms with E-state index < -0.39 is 18.2 Å². The maximum Gasteiger partial charge on any atom is 0.329 e. The first-order chi connectivity index (χ1) is 9.10. The van der Waals surface area contributed by atoms with Gasteiger partial charge in [0, 0.05) is 6.54 Å². The molecule has 1 amide bonds. The van der Waals surface area contributed by atoms with E-state index in [2.05, 4.69) is 10.3 Å². The Balaban J connectivity index is 2.81. The highest BCUT2D eigenvalue weighted by molar-refractivity contribution is 5.93. The van der Waals surface area contributed by atoms with Crippen LogP contribution in [0.1, 0.15) is 6.92 Å². The van der Waals surface area contributed by atoms with Crippen LogP contribution < -0.4 is 11.0 Å². The highest BCUT2D eigenvalue weighted by Crippen LogP contribution is 2.20. The maximum absolute atomic E-state index is 12.1. The Morgan fingerprint density at radius 2 is 2.21 bits per heavy atom. The van der Waals surface area contributed by atoms with E-state index in [0.29, 0.717) is 29.7 Å². The van der Waals surface area contributed by atoms with Crippen LogP contribution >= 0.6 is 0 Å². The number of hydrogen-bond acceptors (Lipinski definition) is 4. The average Bonchev–Trinajstić information content (AvgIpc) is 2.63. The Morgan fingerprint density at radius 3 is 2.79 bits per heavy atom. The third-order valence-electron chi connectivity index (χ3n) is 2.74. The van der Waals surface area contributed by atoms with Crippen molar-refractivity contribution in [2.24, 2.45) is 0 Å². The summed E-state index contributed by atoms with van der Waals surface area (Å²) in [5, 5.41) is 11.3. The summed E-state index contributed by atoms with van der Waals surface area (Å²) in [5.41, 5.74) is 0.773. The molecule has 8 nitrogen and oxygen atoms in total. The lowest BCUT2D eigenvalue weighted by molar-refractivity contribution is -0.137. The predicted molar refractivity (Wildman–Crippen MR) is 67.0 cm³/mol. The van der Waals surface area contributed by atoms with Crippen LogP contribution in [-0.4, -0.2) is 31.6 Å². The van der Waals surface area contributed by atoms with Gasteiger partial charge in [-0.05, 0) is 6.92 Å². The van der Waals surface area contributed by atoms with E-state index in [4.69, 9.17) is 5.11 Å². The topological polar surface area (TPSA) is 106 Å². The van der Waals surface area contributed by atoms with Crippen molar-refractivity contribution in [2.75, 3.05) is 5.32 Å². The fourth-order valence-electron chi connectivity index (χ4n) is 2.02. The molecule has 100 valence electrons. The van der Waals surface area contributed by atoms with Crippen molar-refractivity contribution in [3.05, 3.63) is 22.9 Å². The van der Waals surface area contributed by atoms with Gasteiger partial charge in [-0.25, -0.2) is 4.79 Å². The zero-order valence-corrected chi connectivity index (χ0v) is 10.2. The van der Waals surface area contributed by atoms with Gasteiger partial charge in [0.25, 0.3) is 0 Å². The minimum atomic E-state index is -1.12. The molecule has 0 aromatic carbocycles. The molecule has 0 bridgehead atoms. The van der Waals surface area contributed by atoms with Crippen LogP contribution in [0.2, 0.25) is 0 Å². The molecule has 0 aliphatic rings. The highest BCUT2D eigenvalue weighted by Gasteiger charge is 2.17. The molecule has 0 radical (unpaired) electrons. The molecule has 2 rings (SSSR count).